The summed E-state index contributed by atoms with van der Waals surface area (Å²) in [7, 11) is 0. The van der Waals surface area contributed by atoms with Crippen LogP contribution in [0.3, 0.4) is 0 Å². The largest absolute Gasteiger partial charge is 0.369 e. The van der Waals surface area contributed by atoms with E-state index < -0.39 is 0 Å². The normalized spacial score (nSPS) is 16.6. The van der Waals surface area contributed by atoms with Crippen molar-refractivity contribution < 1.29 is 4.74 Å². The summed E-state index contributed by atoms with van der Waals surface area (Å²) in [6.45, 7) is 3.28. The Hall–Kier alpha value is -3.42. The van der Waals surface area contributed by atoms with E-state index in [-0.39, 0.29) is 11.5 Å². The van der Waals surface area contributed by atoms with Crippen LogP contribution in [0, 0.1) is 11.3 Å². The molecule has 1 nitrogen and oxygen atoms in total. The van der Waals surface area contributed by atoms with Crippen molar-refractivity contribution in [1.82, 2.24) is 0 Å². The van der Waals surface area contributed by atoms with E-state index in [9.17, 15) is 0 Å². The van der Waals surface area contributed by atoms with Crippen LogP contribution in [0.15, 0.2) is 127 Å². The molecular formula is C39H44O. The fourth-order valence-corrected chi connectivity index (χ4v) is 6.51. The zero-order valence-electron chi connectivity index (χ0n) is 24.0. The SMILES string of the molecule is CC(CCC(c1ccccc1)c1ccccc1)(COC(C=Cc1ccccc1)c1ccccc1)C1CCCCC1. The third-order valence-electron chi connectivity index (χ3n) is 8.98. The third-order valence-corrected chi connectivity index (χ3v) is 8.98. The monoisotopic (exact) mass is 528 g/mol. The second-order valence-corrected chi connectivity index (χ2v) is 11.8. The number of hydrogen-bond donors (Lipinski definition) is 0. The van der Waals surface area contributed by atoms with Gasteiger partial charge in [0.25, 0.3) is 0 Å². The first-order valence-corrected chi connectivity index (χ1v) is 15.2. The lowest BCUT2D eigenvalue weighted by Gasteiger charge is -2.41. The highest BCUT2D eigenvalue weighted by atomic mass is 16.5. The Labute approximate surface area is 241 Å². The standard InChI is InChI=1S/C39H44O/c1-39(36-25-15-6-16-26-36,30-29-37(33-19-9-3-10-20-33)34-21-11-4-12-22-34)31-40-38(35-23-13-5-14-24-35)28-27-32-17-7-2-8-18-32/h2-5,7-14,17-24,27-28,36-38H,6,15-16,25-26,29-31H2,1H3. The van der Waals surface area contributed by atoms with Gasteiger partial charge < -0.3 is 4.74 Å². The predicted octanol–water partition coefficient (Wildman–Crippen LogP) is 10.7. The molecule has 40 heavy (non-hydrogen) atoms. The molecule has 0 heterocycles. The van der Waals surface area contributed by atoms with Crippen LogP contribution in [-0.2, 0) is 4.74 Å². The van der Waals surface area contributed by atoms with Gasteiger partial charge >= 0.3 is 0 Å². The average Bonchev–Trinajstić information content (AvgIpc) is 3.03. The van der Waals surface area contributed by atoms with Crippen LogP contribution in [0.2, 0.25) is 0 Å². The second kappa shape index (κ2) is 14.3. The molecule has 0 bridgehead atoms. The van der Waals surface area contributed by atoms with Gasteiger partial charge in [-0.2, -0.15) is 0 Å². The molecule has 1 heteroatoms. The van der Waals surface area contributed by atoms with Crippen molar-refractivity contribution in [3.63, 3.8) is 0 Å². The lowest BCUT2D eigenvalue weighted by molar-refractivity contribution is -0.0255. The van der Waals surface area contributed by atoms with E-state index in [1.807, 2.05) is 0 Å². The zero-order valence-corrected chi connectivity index (χ0v) is 24.0. The predicted molar refractivity (Wildman–Crippen MR) is 169 cm³/mol. The molecule has 2 unspecified atom stereocenters. The smallest absolute Gasteiger partial charge is 0.101 e. The molecule has 0 saturated heterocycles. The van der Waals surface area contributed by atoms with Crippen molar-refractivity contribution in [1.29, 1.82) is 0 Å². The summed E-state index contributed by atoms with van der Waals surface area (Å²) in [6, 6.07) is 43.4. The van der Waals surface area contributed by atoms with E-state index in [4.69, 9.17) is 4.74 Å². The fourth-order valence-electron chi connectivity index (χ4n) is 6.51. The van der Waals surface area contributed by atoms with Crippen molar-refractivity contribution in [2.75, 3.05) is 6.61 Å². The van der Waals surface area contributed by atoms with E-state index in [0.717, 1.165) is 19.4 Å². The van der Waals surface area contributed by atoms with E-state index in [1.54, 1.807) is 0 Å². The third kappa shape index (κ3) is 7.61. The van der Waals surface area contributed by atoms with Crippen molar-refractivity contribution in [2.24, 2.45) is 11.3 Å². The molecule has 0 aromatic heterocycles. The van der Waals surface area contributed by atoms with Crippen LogP contribution >= 0.6 is 0 Å². The number of benzene rings is 4. The Morgan fingerprint density at radius 3 is 1.73 bits per heavy atom. The second-order valence-electron chi connectivity index (χ2n) is 11.8. The minimum atomic E-state index is -0.0663. The van der Waals surface area contributed by atoms with Crippen LogP contribution in [0.1, 0.15) is 86.1 Å². The molecule has 206 valence electrons. The lowest BCUT2D eigenvalue weighted by Crippen LogP contribution is -2.35. The zero-order chi connectivity index (χ0) is 27.5. The molecule has 1 aliphatic carbocycles. The Balaban J connectivity index is 1.38. The van der Waals surface area contributed by atoms with Crippen LogP contribution in [-0.4, -0.2) is 6.61 Å². The summed E-state index contributed by atoms with van der Waals surface area (Å²) in [5.74, 6) is 1.09. The number of rotatable bonds is 12. The Bertz CT molecular complexity index is 1240. The Kier molecular flexibility index (Phi) is 10.0. The molecule has 0 amide bonds. The topological polar surface area (TPSA) is 9.23 Å². The maximum Gasteiger partial charge on any atom is 0.101 e. The van der Waals surface area contributed by atoms with E-state index in [0.29, 0.717) is 11.8 Å². The fraction of sp³-hybridized carbons (Fsp3) is 0.333. The van der Waals surface area contributed by atoms with Gasteiger partial charge in [0.1, 0.15) is 6.10 Å². The van der Waals surface area contributed by atoms with Gasteiger partial charge in [-0.3, -0.25) is 0 Å². The first-order chi connectivity index (χ1) is 19.7. The first-order valence-electron chi connectivity index (χ1n) is 15.2. The van der Waals surface area contributed by atoms with Gasteiger partial charge in [0.05, 0.1) is 6.61 Å². The maximum absolute atomic E-state index is 6.93. The molecule has 2 atom stereocenters. The highest BCUT2D eigenvalue weighted by molar-refractivity contribution is 5.50. The summed E-state index contributed by atoms with van der Waals surface area (Å²) in [5.41, 5.74) is 5.36. The van der Waals surface area contributed by atoms with Gasteiger partial charge in [0, 0.05) is 5.92 Å². The minimum absolute atomic E-state index is 0.0663. The van der Waals surface area contributed by atoms with E-state index in [2.05, 4.69) is 140 Å². The molecule has 0 aliphatic heterocycles. The van der Waals surface area contributed by atoms with Crippen molar-refractivity contribution in [3.8, 4) is 0 Å². The van der Waals surface area contributed by atoms with Gasteiger partial charge in [-0.1, -0.05) is 160 Å². The average molecular weight is 529 g/mol. The highest BCUT2D eigenvalue weighted by Gasteiger charge is 2.36. The molecule has 4 aromatic carbocycles. The quantitative estimate of drug-likeness (QED) is 0.178. The molecule has 1 aliphatic rings. The van der Waals surface area contributed by atoms with Gasteiger partial charge in [-0.25, -0.2) is 0 Å². The van der Waals surface area contributed by atoms with E-state index >= 15 is 0 Å². The Morgan fingerprint density at radius 1 is 0.675 bits per heavy atom. The molecule has 0 N–H and O–H groups in total. The van der Waals surface area contributed by atoms with Crippen LogP contribution < -0.4 is 0 Å². The summed E-state index contributed by atoms with van der Waals surface area (Å²) >= 11 is 0. The molecule has 0 radical (unpaired) electrons. The molecule has 1 saturated carbocycles. The Morgan fingerprint density at radius 2 is 1.18 bits per heavy atom. The molecule has 1 fully saturated rings. The summed E-state index contributed by atoms with van der Waals surface area (Å²) in [6.07, 6.45) is 13.3. The van der Waals surface area contributed by atoms with Crippen LogP contribution in [0.4, 0.5) is 0 Å². The molecular weight excluding hydrogens is 484 g/mol. The number of ether oxygens (including phenoxy) is 1. The van der Waals surface area contributed by atoms with Gasteiger partial charge in [-0.15, -0.1) is 0 Å². The summed E-state index contributed by atoms with van der Waals surface area (Å²) in [5, 5.41) is 0. The van der Waals surface area contributed by atoms with E-state index in [1.165, 1.54) is 54.4 Å². The summed E-state index contributed by atoms with van der Waals surface area (Å²) in [4.78, 5) is 0. The van der Waals surface area contributed by atoms with Crippen molar-refractivity contribution in [2.45, 2.75) is 63.9 Å². The van der Waals surface area contributed by atoms with Gasteiger partial charge in [0.2, 0.25) is 0 Å². The highest BCUT2D eigenvalue weighted by Crippen LogP contribution is 2.45. The minimum Gasteiger partial charge on any atom is -0.369 e. The number of hydrogen-bond acceptors (Lipinski definition) is 1. The first kappa shape index (κ1) is 28.1. The van der Waals surface area contributed by atoms with Crippen LogP contribution in [0.5, 0.6) is 0 Å². The lowest BCUT2D eigenvalue weighted by atomic mass is 9.66. The molecule has 4 aromatic rings. The molecule has 5 rings (SSSR count). The molecule has 0 spiro atoms. The van der Waals surface area contributed by atoms with Crippen molar-refractivity contribution >= 4 is 6.08 Å². The van der Waals surface area contributed by atoms with Gasteiger partial charge in [-0.05, 0) is 59.3 Å². The maximum atomic E-state index is 6.93. The van der Waals surface area contributed by atoms with Gasteiger partial charge in [0.15, 0.2) is 0 Å². The summed E-state index contributed by atoms with van der Waals surface area (Å²) < 4.78 is 6.93. The van der Waals surface area contributed by atoms with Crippen LogP contribution in [0.25, 0.3) is 6.08 Å². The van der Waals surface area contributed by atoms with Crippen molar-refractivity contribution in [3.05, 3.63) is 150 Å².